The van der Waals surface area contributed by atoms with Crippen LogP contribution in [0.4, 0.5) is 0 Å². The molecule has 0 saturated heterocycles. The molecule has 0 atom stereocenters. The molecule has 0 saturated carbocycles. The molecule has 4 nitrogen and oxygen atoms in total. The topological polar surface area (TPSA) is 51.6 Å². The van der Waals surface area contributed by atoms with Gasteiger partial charge in [0.1, 0.15) is 17.2 Å². The lowest BCUT2D eigenvalue weighted by molar-refractivity contribution is 0.899. The van der Waals surface area contributed by atoms with Crippen LogP contribution in [0.2, 0.25) is 5.15 Å². The Balaban J connectivity index is 2.13. The first-order valence-corrected chi connectivity index (χ1v) is 5.54. The second-order valence-electron chi connectivity index (χ2n) is 3.71. The van der Waals surface area contributed by atoms with Gasteiger partial charge in [-0.1, -0.05) is 11.6 Å². The zero-order valence-corrected chi connectivity index (χ0v) is 9.28. The van der Waals surface area contributed by atoms with Crippen LogP contribution in [0.5, 0.6) is 0 Å². The zero-order chi connectivity index (χ0) is 11.0. The largest absolute Gasteiger partial charge is 0.245 e. The third-order valence-electron chi connectivity index (χ3n) is 2.69. The first-order chi connectivity index (χ1) is 7.84. The molecule has 5 heteroatoms. The van der Waals surface area contributed by atoms with Gasteiger partial charge in [0.2, 0.25) is 0 Å². The quantitative estimate of drug-likeness (QED) is 0.707. The Morgan fingerprint density at radius 2 is 2.12 bits per heavy atom. The Morgan fingerprint density at radius 3 is 2.94 bits per heavy atom. The van der Waals surface area contributed by atoms with E-state index >= 15 is 0 Å². The molecule has 0 radical (unpaired) electrons. The highest BCUT2D eigenvalue weighted by Gasteiger charge is 2.18. The molecule has 16 heavy (non-hydrogen) atoms. The van der Waals surface area contributed by atoms with Crippen LogP contribution in [-0.2, 0) is 12.8 Å². The third-order valence-corrected chi connectivity index (χ3v) is 3.01. The molecule has 3 rings (SSSR count). The molecular formula is C11H9ClN4. The van der Waals surface area contributed by atoms with E-state index in [0.717, 1.165) is 30.5 Å². The normalized spacial score (nSPS) is 13.8. The van der Waals surface area contributed by atoms with Crippen molar-refractivity contribution in [3.63, 3.8) is 0 Å². The van der Waals surface area contributed by atoms with Crippen LogP contribution >= 0.6 is 11.6 Å². The fourth-order valence-electron chi connectivity index (χ4n) is 1.92. The highest BCUT2D eigenvalue weighted by molar-refractivity contribution is 6.30. The molecule has 0 fully saturated rings. The molecule has 0 spiro atoms. The summed E-state index contributed by atoms with van der Waals surface area (Å²) in [5, 5.41) is 0.566. The SMILES string of the molecule is Clc1nc(-c2ccncn2)nc2c1CCC2. The van der Waals surface area contributed by atoms with Crippen molar-refractivity contribution in [2.24, 2.45) is 0 Å². The van der Waals surface area contributed by atoms with E-state index in [1.54, 1.807) is 12.3 Å². The van der Waals surface area contributed by atoms with E-state index < -0.39 is 0 Å². The smallest absolute Gasteiger partial charge is 0.179 e. The maximum absolute atomic E-state index is 6.13. The average Bonchev–Trinajstić information content (AvgIpc) is 2.79. The fraction of sp³-hybridized carbons (Fsp3) is 0.273. The molecule has 0 aromatic carbocycles. The zero-order valence-electron chi connectivity index (χ0n) is 8.52. The van der Waals surface area contributed by atoms with E-state index in [2.05, 4.69) is 19.9 Å². The van der Waals surface area contributed by atoms with Gasteiger partial charge in [0, 0.05) is 17.5 Å². The standard InChI is InChI=1S/C11H9ClN4/c12-10-7-2-1-3-8(7)15-11(16-10)9-4-5-13-6-14-9/h4-6H,1-3H2. The lowest BCUT2D eigenvalue weighted by atomic mass is 10.2. The van der Waals surface area contributed by atoms with E-state index in [0.29, 0.717) is 16.7 Å². The van der Waals surface area contributed by atoms with Crippen LogP contribution in [0.25, 0.3) is 11.5 Å². The van der Waals surface area contributed by atoms with Gasteiger partial charge in [0.05, 0.1) is 0 Å². The molecule has 2 heterocycles. The predicted octanol–water partition coefficient (Wildman–Crippen LogP) is 2.08. The lowest BCUT2D eigenvalue weighted by Gasteiger charge is -2.04. The van der Waals surface area contributed by atoms with Crippen LogP contribution in [-0.4, -0.2) is 19.9 Å². The summed E-state index contributed by atoms with van der Waals surface area (Å²) in [5.74, 6) is 0.591. The van der Waals surface area contributed by atoms with E-state index in [9.17, 15) is 0 Å². The Kier molecular flexibility index (Phi) is 2.29. The maximum atomic E-state index is 6.13. The van der Waals surface area contributed by atoms with Crippen molar-refractivity contribution < 1.29 is 0 Å². The molecule has 1 aliphatic carbocycles. The first kappa shape index (κ1) is 9.66. The van der Waals surface area contributed by atoms with Crippen molar-refractivity contribution in [2.45, 2.75) is 19.3 Å². The molecule has 0 bridgehead atoms. The summed E-state index contributed by atoms with van der Waals surface area (Å²) in [6, 6.07) is 1.78. The van der Waals surface area contributed by atoms with Crippen molar-refractivity contribution in [1.82, 2.24) is 19.9 Å². The van der Waals surface area contributed by atoms with Crippen LogP contribution in [0.15, 0.2) is 18.6 Å². The van der Waals surface area contributed by atoms with Crippen LogP contribution < -0.4 is 0 Å². The Bertz CT molecular complexity index is 527. The number of aryl methyl sites for hydroxylation is 1. The summed E-state index contributed by atoms with van der Waals surface area (Å²) < 4.78 is 0. The van der Waals surface area contributed by atoms with Crippen molar-refractivity contribution in [1.29, 1.82) is 0 Å². The van der Waals surface area contributed by atoms with Gasteiger partial charge in [-0.3, -0.25) is 0 Å². The van der Waals surface area contributed by atoms with Crippen molar-refractivity contribution in [3.05, 3.63) is 35.0 Å². The highest BCUT2D eigenvalue weighted by Crippen LogP contribution is 2.27. The van der Waals surface area contributed by atoms with Gasteiger partial charge in [-0.2, -0.15) is 0 Å². The van der Waals surface area contributed by atoms with Gasteiger partial charge in [0.25, 0.3) is 0 Å². The summed E-state index contributed by atoms with van der Waals surface area (Å²) in [4.78, 5) is 16.8. The minimum atomic E-state index is 0.566. The molecule has 0 unspecified atom stereocenters. The van der Waals surface area contributed by atoms with Gasteiger partial charge < -0.3 is 0 Å². The van der Waals surface area contributed by atoms with Gasteiger partial charge in [-0.05, 0) is 25.3 Å². The van der Waals surface area contributed by atoms with Crippen molar-refractivity contribution >= 4 is 11.6 Å². The van der Waals surface area contributed by atoms with E-state index in [4.69, 9.17) is 11.6 Å². The molecule has 1 aliphatic rings. The fourth-order valence-corrected chi connectivity index (χ4v) is 2.21. The van der Waals surface area contributed by atoms with Crippen molar-refractivity contribution in [3.8, 4) is 11.5 Å². The molecule has 80 valence electrons. The molecule has 2 aromatic rings. The summed E-state index contributed by atoms with van der Waals surface area (Å²) in [6.07, 6.45) is 6.23. The summed E-state index contributed by atoms with van der Waals surface area (Å²) >= 11 is 6.13. The summed E-state index contributed by atoms with van der Waals surface area (Å²) in [6.45, 7) is 0. The van der Waals surface area contributed by atoms with E-state index in [1.807, 2.05) is 0 Å². The number of halogens is 1. The Morgan fingerprint density at radius 1 is 1.19 bits per heavy atom. The number of rotatable bonds is 1. The highest BCUT2D eigenvalue weighted by atomic mass is 35.5. The molecular weight excluding hydrogens is 224 g/mol. The number of nitrogens with zero attached hydrogens (tertiary/aromatic N) is 4. The van der Waals surface area contributed by atoms with Gasteiger partial charge in [-0.25, -0.2) is 19.9 Å². The predicted molar refractivity (Wildman–Crippen MR) is 60.1 cm³/mol. The minimum absolute atomic E-state index is 0.566. The van der Waals surface area contributed by atoms with Crippen LogP contribution in [0.1, 0.15) is 17.7 Å². The number of aromatic nitrogens is 4. The number of fused-ring (bicyclic) bond motifs is 1. The molecule has 2 aromatic heterocycles. The van der Waals surface area contributed by atoms with E-state index in [1.165, 1.54) is 6.33 Å². The van der Waals surface area contributed by atoms with Crippen LogP contribution in [0, 0.1) is 0 Å². The lowest BCUT2D eigenvalue weighted by Crippen LogP contribution is -1.98. The second-order valence-corrected chi connectivity index (χ2v) is 4.07. The molecule has 0 aliphatic heterocycles. The van der Waals surface area contributed by atoms with E-state index in [-0.39, 0.29) is 0 Å². The van der Waals surface area contributed by atoms with Crippen LogP contribution in [0.3, 0.4) is 0 Å². The monoisotopic (exact) mass is 232 g/mol. The third kappa shape index (κ3) is 1.55. The Hall–Kier alpha value is -1.55. The molecule has 0 N–H and O–H groups in total. The summed E-state index contributed by atoms with van der Waals surface area (Å²) in [5.41, 5.74) is 2.87. The van der Waals surface area contributed by atoms with Gasteiger partial charge >= 0.3 is 0 Å². The number of hydrogen-bond acceptors (Lipinski definition) is 4. The van der Waals surface area contributed by atoms with Crippen molar-refractivity contribution in [2.75, 3.05) is 0 Å². The van der Waals surface area contributed by atoms with Gasteiger partial charge in [0.15, 0.2) is 5.82 Å². The molecule has 0 amide bonds. The maximum Gasteiger partial charge on any atom is 0.179 e. The number of hydrogen-bond donors (Lipinski definition) is 0. The minimum Gasteiger partial charge on any atom is -0.245 e. The Labute approximate surface area is 97.8 Å². The average molecular weight is 233 g/mol. The van der Waals surface area contributed by atoms with Gasteiger partial charge in [-0.15, -0.1) is 0 Å². The summed E-state index contributed by atoms with van der Waals surface area (Å²) in [7, 11) is 0. The second kappa shape index (κ2) is 3.79. The first-order valence-electron chi connectivity index (χ1n) is 5.16.